The molecular weight excluding hydrogens is 287 g/mol. The van der Waals surface area contributed by atoms with Gasteiger partial charge in [-0.05, 0) is 22.4 Å². The van der Waals surface area contributed by atoms with Crippen molar-refractivity contribution in [2.45, 2.75) is 0 Å². The highest BCUT2D eigenvalue weighted by Gasteiger charge is 2.14. The van der Waals surface area contributed by atoms with Gasteiger partial charge in [0.05, 0.1) is 0 Å². The van der Waals surface area contributed by atoms with E-state index in [1.54, 1.807) is 12.1 Å². The van der Waals surface area contributed by atoms with Crippen LogP contribution in [0.4, 0.5) is 0 Å². The van der Waals surface area contributed by atoms with E-state index in [9.17, 15) is 5.11 Å². The lowest BCUT2D eigenvalue weighted by Crippen LogP contribution is -1.88. The quantitative estimate of drug-likeness (QED) is 0.643. The van der Waals surface area contributed by atoms with Crippen LogP contribution >= 0.6 is 8.60 Å². The minimum Gasteiger partial charge on any atom is -0.504 e. The van der Waals surface area contributed by atoms with E-state index < -0.39 is 8.60 Å². The molecule has 106 valence electrons. The van der Waals surface area contributed by atoms with Crippen molar-refractivity contribution in [3.05, 3.63) is 60.7 Å². The lowest BCUT2D eigenvalue weighted by molar-refractivity contribution is 0.361. The Morgan fingerprint density at radius 2 is 1.43 bits per heavy atom. The molecule has 0 saturated carbocycles. The van der Waals surface area contributed by atoms with E-state index in [0.29, 0.717) is 5.56 Å². The number of aromatic hydroxyl groups is 1. The summed E-state index contributed by atoms with van der Waals surface area (Å²) in [6.45, 7) is 0. The minimum atomic E-state index is -2.57. The fourth-order valence-electron chi connectivity index (χ4n) is 2.36. The van der Waals surface area contributed by atoms with Crippen LogP contribution in [0, 0.1) is 0 Å². The molecule has 0 aliphatic rings. The number of rotatable bonds is 3. The van der Waals surface area contributed by atoms with Crippen molar-refractivity contribution in [1.82, 2.24) is 0 Å². The summed E-state index contributed by atoms with van der Waals surface area (Å²) in [6.07, 6.45) is 0. The monoisotopic (exact) mass is 300 g/mol. The Morgan fingerprint density at radius 1 is 0.762 bits per heavy atom. The Balaban J connectivity index is 2.19. The normalized spacial score (nSPS) is 11.0. The average molecular weight is 300 g/mol. The number of para-hydroxylation sites is 1. The van der Waals surface area contributed by atoms with Crippen molar-refractivity contribution < 1.29 is 19.4 Å². The minimum absolute atomic E-state index is 0.0524. The fraction of sp³-hybridized carbons (Fsp3) is 0. The molecule has 4 nitrogen and oxygen atoms in total. The molecule has 21 heavy (non-hydrogen) atoms. The van der Waals surface area contributed by atoms with E-state index >= 15 is 0 Å². The molecule has 0 fully saturated rings. The molecule has 3 aromatic carbocycles. The number of hydrogen-bond donors (Lipinski definition) is 3. The van der Waals surface area contributed by atoms with Crippen molar-refractivity contribution >= 4 is 19.4 Å². The molecule has 3 rings (SSSR count). The molecule has 3 aromatic rings. The van der Waals surface area contributed by atoms with Gasteiger partial charge in [-0.3, -0.25) is 0 Å². The lowest BCUT2D eigenvalue weighted by Gasteiger charge is -2.12. The average Bonchev–Trinajstić information content (AvgIpc) is 2.49. The molecule has 0 radical (unpaired) electrons. The van der Waals surface area contributed by atoms with Gasteiger partial charge in [-0.15, -0.1) is 0 Å². The van der Waals surface area contributed by atoms with Crippen LogP contribution in [0.15, 0.2) is 60.7 Å². The van der Waals surface area contributed by atoms with Crippen LogP contribution in [-0.4, -0.2) is 14.9 Å². The third-order valence-corrected chi connectivity index (χ3v) is 3.62. The highest BCUT2D eigenvalue weighted by molar-refractivity contribution is 7.39. The van der Waals surface area contributed by atoms with E-state index in [0.717, 1.165) is 16.3 Å². The van der Waals surface area contributed by atoms with Gasteiger partial charge in [-0.1, -0.05) is 54.6 Å². The van der Waals surface area contributed by atoms with E-state index in [4.69, 9.17) is 14.3 Å². The number of benzene rings is 3. The first-order chi connectivity index (χ1) is 10.2. The predicted octanol–water partition coefficient (Wildman–Crippen LogP) is 3.80. The van der Waals surface area contributed by atoms with Gasteiger partial charge in [0.25, 0.3) is 0 Å². The molecule has 3 N–H and O–H groups in total. The summed E-state index contributed by atoms with van der Waals surface area (Å²) >= 11 is 0. The predicted molar refractivity (Wildman–Crippen MR) is 83.0 cm³/mol. The zero-order valence-corrected chi connectivity index (χ0v) is 11.9. The topological polar surface area (TPSA) is 69.9 Å². The van der Waals surface area contributed by atoms with Crippen LogP contribution in [0.3, 0.4) is 0 Å². The molecule has 0 bridgehead atoms. The second kappa shape index (κ2) is 5.70. The van der Waals surface area contributed by atoms with Gasteiger partial charge in [0, 0.05) is 5.56 Å². The molecule has 5 heteroatoms. The molecule has 0 amide bonds. The molecule has 0 aromatic heterocycles. The van der Waals surface area contributed by atoms with Crippen molar-refractivity contribution in [2.24, 2.45) is 0 Å². The SMILES string of the molecule is Oc1c(OP(O)O)cccc1-c1cccc2ccccc12. The Kier molecular flexibility index (Phi) is 3.76. The van der Waals surface area contributed by atoms with Gasteiger partial charge in [0.1, 0.15) is 0 Å². The molecule has 0 saturated heterocycles. The maximum Gasteiger partial charge on any atom is 0.391 e. The number of fused-ring (bicyclic) bond motifs is 1. The Bertz CT molecular complexity index is 781. The van der Waals surface area contributed by atoms with Gasteiger partial charge in [0.15, 0.2) is 11.5 Å². The second-order valence-electron chi connectivity index (χ2n) is 4.52. The first-order valence-electron chi connectivity index (χ1n) is 6.33. The fourth-order valence-corrected chi connectivity index (χ4v) is 2.68. The third-order valence-electron chi connectivity index (χ3n) is 3.26. The number of phenolic OH excluding ortho intramolecular Hbond substituents is 1. The van der Waals surface area contributed by atoms with E-state index in [2.05, 4.69) is 0 Å². The first-order valence-corrected chi connectivity index (χ1v) is 7.49. The van der Waals surface area contributed by atoms with Gasteiger partial charge in [-0.25, -0.2) is 0 Å². The highest BCUT2D eigenvalue weighted by Crippen LogP contribution is 2.43. The second-order valence-corrected chi connectivity index (χ2v) is 5.21. The zero-order valence-electron chi connectivity index (χ0n) is 11.0. The summed E-state index contributed by atoms with van der Waals surface area (Å²) in [7, 11) is -2.57. The Labute approximate surface area is 122 Å². The molecule has 0 unspecified atom stereocenters. The number of phenols is 1. The van der Waals surface area contributed by atoms with Gasteiger partial charge in [-0.2, -0.15) is 0 Å². The first kappa shape index (κ1) is 13.8. The van der Waals surface area contributed by atoms with Crippen molar-refractivity contribution in [3.8, 4) is 22.6 Å². The molecule has 0 spiro atoms. The van der Waals surface area contributed by atoms with Crippen LogP contribution < -0.4 is 4.52 Å². The Morgan fingerprint density at radius 3 is 2.24 bits per heavy atom. The third kappa shape index (κ3) is 2.69. The van der Waals surface area contributed by atoms with Crippen molar-refractivity contribution in [3.63, 3.8) is 0 Å². The van der Waals surface area contributed by atoms with Crippen molar-refractivity contribution in [1.29, 1.82) is 0 Å². The summed E-state index contributed by atoms with van der Waals surface area (Å²) in [5, 5.41) is 12.4. The zero-order chi connectivity index (χ0) is 14.8. The highest BCUT2D eigenvalue weighted by atomic mass is 31.2. The standard InChI is InChI=1S/C16H13O4P/c17-16-14(9-4-10-15(16)20-21(18)19)13-8-3-6-11-5-1-2-7-12(11)13/h1-10,17-19H. The maximum atomic E-state index is 10.3. The van der Waals surface area contributed by atoms with Crippen molar-refractivity contribution in [2.75, 3.05) is 0 Å². The summed E-state index contributed by atoms with van der Waals surface area (Å²) in [6, 6.07) is 18.6. The molecule has 0 aliphatic carbocycles. The molecule has 0 aliphatic heterocycles. The van der Waals surface area contributed by atoms with Crippen LogP contribution in [0.1, 0.15) is 0 Å². The smallest absolute Gasteiger partial charge is 0.391 e. The van der Waals surface area contributed by atoms with Crippen LogP contribution in [0.5, 0.6) is 11.5 Å². The number of hydrogen-bond acceptors (Lipinski definition) is 4. The maximum absolute atomic E-state index is 10.3. The summed E-state index contributed by atoms with van der Waals surface area (Å²) in [5.41, 5.74) is 1.44. The molecule has 0 atom stereocenters. The van der Waals surface area contributed by atoms with Gasteiger partial charge < -0.3 is 19.4 Å². The van der Waals surface area contributed by atoms with Gasteiger partial charge >= 0.3 is 8.60 Å². The molecule has 0 heterocycles. The van der Waals surface area contributed by atoms with Gasteiger partial charge in [0.2, 0.25) is 0 Å². The lowest BCUT2D eigenvalue weighted by atomic mass is 9.97. The van der Waals surface area contributed by atoms with Crippen LogP contribution in [0.2, 0.25) is 0 Å². The van der Waals surface area contributed by atoms with E-state index in [1.165, 1.54) is 6.07 Å². The Hall–Kier alpha value is -2.13. The summed E-state index contributed by atoms with van der Waals surface area (Å²) in [5.74, 6) is -0.0546. The molecular formula is C16H13O4P. The van der Waals surface area contributed by atoms with E-state index in [-0.39, 0.29) is 11.5 Å². The largest absolute Gasteiger partial charge is 0.504 e. The van der Waals surface area contributed by atoms with E-state index in [1.807, 2.05) is 42.5 Å². The van der Waals surface area contributed by atoms with Crippen LogP contribution in [-0.2, 0) is 0 Å². The summed E-state index contributed by atoms with van der Waals surface area (Å²) < 4.78 is 4.85. The summed E-state index contributed by atoms with van der Waals surface area (Å²) in [4.78, 5) is 17.9. The van der Waals surface area contributed by atoms with Crippen LogP contribution in [0.25, 0.3) is 21.9 Å².